The van der Waals surface area contributed by atoms with Gasteiger partial charge in [-0.15, -0.1) is 0 Å². The normalized spacial score (nSPS) is 18.6. The van der Waals surface area contributed by atoms with Gasteiger partial charge >= 0.3 is 0 Å². The van der Waals surface area contributed by atoms with Crippen molar-refractivity contribution >= 4 is 17.8 Å². The maximum absolute atomic E-state index is 13.4. The molecule has 2 aromatic rings. The number of carbonyl (C=O) groups is 2. The summed E-state index contributed by atoms with van der Waals surface area (Å²) in [6.07, 6.45) is 3.09. The van der Waals surface area contributed by atoms with Crippen LogP contribution in [0, 0.1) is 0 Å². The number of nitrogens with zero attached hydrogens (tertiary/aromatic N) is 2. The Morgan fingerprint density at radius 2 is 1.73 bits per heavy atom. The second-order valence-electron chi connectivity index (χ2n) is 8.80. The van der Waals surface area contributed by atoms with Crippen LogP contribution in [0.4, 0.5) is 0 Å². The molecule has 8 nitrogen and oxygen atoms in total. The molecule has 0 radical (unpaired) electrons. The summed E-state index contributed by atoms with van der Waals surface area (Å²) >= 11 is 0. The Labute approximate surface area is 217 Å². The molecule has 1 atom stereocenters. The van der Waals surface area contributed by atoms with Gasteiger partial charge < -0.3 is 24.2 Å². The molecule has 1 saturated heterocycles. The largest absolute Gasteiger partial charge is 0.503 e. The molecule has 0 aromatic heterocycles. The van der Waals surface area contributed by atoms with Crippen molar-refractivity contribution in [2.45, 2.75) is 19.9 Å². The Morgan fingerprint density at radius 1 is 1.03 bits per heavy atom. The predicted molar refractivity (Wildman–Crippen MR) is 141 cm³/mol. The molecule has 196 valence electrons. The van der Waals surface area contributed by atoms with Crippen molar-refractivity contribution in [3.05, 3.63) is 77.1 Å². The highest BCUT2D eigenvalue weighted by molar-refractivity contribution is 6.14. The van der Waals surface area contributed by atoms with Crippen molar-refractivity contribution in [1.82, 2.24) is 9.80 Å². The molecule has 1 N–H and O–H groups in total. The fraction of sp³-hybridized carbons (Fsp3) is 0.379. The SMILES string of the molecule is CCOc1ccc(C2C(C(=O)/C=C/c3ccccc3)=C(O)C(=O)N2CCN2CCOCC2)cc1OCC. The number of ether oxygens (including phenoxy) is 3. The third-order valence-corrected chi connectivity index (χ3v) is 6.44. The number of amides is 1. The molecule has 0 saturated carbocycles. The summed E-state index contributed by atoms with van der Waals surface area (Å²) < 4.78 is 16.9. The van der Waals surface area contributed by atoms with Crippen LogP contribution in [0.25, 0.3) is 6.08 Å². The quantitative estimate of drug-likeness (QED) is 0.464. The number of benzene rings is 2. The minimum absolute atomic E-state index is 0.0609. The standard InChI is InChI=1S/C29H34N2O6/c1-3-36-24-13-11-22(20-25(24)37-4-2)27-26(23(32)12-10-21-8-6-5-7-9-21)28(33)29(34)31(27)15-14-30-16-18-35-19-17-30/h5-13,20,27,33H,3-4,14-19H2,1-2H3/b12-10+. The Bertz CT molecular complexity index is 1150. The zero-order valence-corrected chi connectivity index (χ0v) is 21.4. The van der Waals surface area contributed by atoms with Gasteiger partial charge in [0, 0.05) is 26.2 Å². The first kappa shape index (κ1) is 26.4. The second kappa shape index (κ2) is 12.6. The molecular weight excluding hydrogens is 472 g/mol. The molecule has 1 fully saturated rings. The van der Waals surface area contributed by atoms with E-state index in [2.05, 4.69) is 4.90 Å². The zero-order valence-electron chi connectivity index (χ0n) is 21.4. The first-order valence-electron chi connectivity index (χ1n) is 12.7. The molecule has 0 bridgehead atoms. The van der Waals surface area contributed by atoms with Gasteiger partial charge in [-0.1, -0.05) is 42.5 Å². The maximum Gasteiger partial charge on any atom is 0.290 e. The van der Waals surface area contributed by atoms with E-state index in [1.165, 1.54) is 6.08 Å². The van der Waals surface area contributed by atoms with Crippen LogP contribution in [-0.2, 0) is 14.3 Å². The molecule has 1 amide bonds. The number of allylic oxidation sites excluding steroid dienone is 1. The molecule has 0 spiro atoms. The maximum atomic E-state index is 13.4. The molecular formula is C29H34N2O6. The number of aliphatic hydroxyl groups excluding tert-OH is 1. The first-order chi connectivity index (χ1) is 18.0. The van der Waals surface area contributed by atoms with Gasteiger partial charge in [0.05, 0.1) is 38.0 Å². The lowest BCUT2D eigenvalue weighted by molar-refractivity contribution is -0.129. The molecule has 2 aromatic carbocycles. The van der Waals surface area contributed by atoms with Crippen molar-refractivity contribution in [2.75, 3.05) is 52.6 Å². The summed E-state index contributed by atoms with van der Waals surface area (Å²) in [7, 11) is 0. The number of aliphatic hydroxyl groups is 1. The van der Waals surface area contributed by atoms with Crippen LogP contribution in [0.2, 0.25) is 0 Å². The summed E-state index contributed by atoms with van der Waals surface area (Å²) in [5.41, 5.74) is 1.58. The van der Waals surface area contributed by atoms with E-state index >= 15 is 0 Å². The minimum atomic E-state index is -0.753. The van der Waals surface area contributed by atoms with E-state index in [1.54, 1.807) is 23.1 Å². The second-order valence-corrected chi connectivity index (χ2v) is 8.80. The summed E-state index contributed by atoms with van der Waals surface area (Å²) in [5, 5.41) is 10.9. The van der Waals surface area contributed by atoms with E-state index in [1.807, 2.05) is 50.2 Å². The third-order valence-electron chi connectivity index (χ3n) is 6.44. The zero-order chi connectivity index (χ0) is 26.2. The molecule has 2 aliphatic heterocycles. The Hall–Kier alpha value is -3.62. The Balaban J connectivity index is 1.68. The fourth-order valence-corrected chi connectivity index (χ4v) is 4.62. The summed E-state index contributed by atoms with van der Waals surface area (Å²) in [4.78, 5) is 30.5. The van der Waals surface area contributed by atoms with Crippen LogP contribution in [0.15, 0.2) is 65.9 Å². The van der Waals surface area contributed by atoms with E-state index in [9.17, 15) is 14.7 Å². The number of hydrogen-bond donors (Lipinski definition) is 1. The molecule has 2 heterocycles. The van der Waals surface area contributed by atoms with Gasteiger partial charge in [-0.25, -0.2) is 0 Å². The van der Waals surface area contributed by atoms with Gasteiger partial charge in [-0.2, -0.15) is 0 Å². The molecule has 8 heteroatoms. The van der Waals surface area contributed by atoms with Gasteiger partial charge in [-0.3, -0.25) is 14.5 Å². The summed E-state index contributed by atoms with van der Waals surface area (Å²) in [6, 6.07) is 14.1. The average molecular weight is 507 g/mol. The predicted octanol–water partition coefficient (Wildman–Crippen LogP) is 3.79. The van der Waals surface area contributed by atoms with Gasteiger partial charge in [0.15, 0.2) is 23.0 Å². The number of carbonyl (C=O) groups excluding carboxylic acids is 2. The number of morpholine rings is 1. The minimum Gasteiger partial charge on any atom is -0.503 e. The van der Waals surface area contributed by atoms with Crippen LogP contribution >= 0.6 is 0 Å². The number of hydrogen-bond acceptors (Lipinski definition) is 7. The highest BCUT2D eigenvalue weighted by Crippen LogP contribution is 2.41. The van der Waals surface area contributed by atoms with Gasteiger partial charge in [0.2, 0.25) is 0 Å². The topological polar surface area (TPSA) is 88.5 Å². The van der Waals surface area contributed by atoms with Crippen molar-refractivity contribution in [3.63, 3.8) is 0 Å². The molecule has 1 unspecified atom stereocenters. The summed E-state index contributed by atoms with van der Waals surface area (Å²) in [6.45, 7) is 8.47. The monoisotopic (exact) mass is 506 g/mol. The molecule has 37 heavy (non-hydrogen) atoms. The van der Waals surface area contributed by atoms with Crippen LogP contribution in [0.5, 0.6) is 11.5 Å². The third kappa shape index (κ3) is 6.21. The van der Waals surface area contributed by atoms with Gasteiger partial charge in [0.25, 0.3) is 5.91 Å². The van der Waals surface area contributed by atoms with Crippen LogP contribution in [0.3, 0.4) is 0 Å². The van der Waals surface area contributed by atoms with Crippen LogP contribution < -0.4 is 9.47 Å². The van der Waals surface area contributed by atoms with Crippen molar-refractivity contribution in [3.8, 4) is 11.5 Å². The van der Waals surface area contributed by atoms with Crippen molar-refractivity contribution in [1.29, 1.82) is 0 Å². The van der Waals surface area contributed by atoms with Gasteiger partial charge in [-0.05, 0) is 43.2 Å². The van der Waals surface area contributed by atoms with E-state index in [-0.39, 0.29) is 5.57 Å². The van der Waals surface area contributed by atoms with E-state index in [0.29, 0.717) is 56.6 Å². The lowest BCUT2D eigenvalue weighted by atomic mass is 9.95. The number of ketones is 1. The smallest absolute Gasteiger partial charge is 0.290 e. The van der Waals surface area contributed by atoms with Crippen molar-refractivity contribution in [2.24, 2.45) is 0 Å². The fourth-order valence-electron chi connectivity index (χ4n) is 4.62. The number of rotatable bonds is 11. The average Bonchev–Trinajstić information content (AvgIpc) is 3.18. The van der Waals surface area contributed by atoms with Gasteiger partial charge in [0.1, 0.15) is 0 Å². The van der Waals surface area contributed by atoms with E-state index in [4.69, 9.17) is 14.2 Å². The van der Waals surface area contributed by atoms with E-state index in [0.717, 1.165) is 18.7 Å². The molecule has 2 aliphatic rings. The highest BCUT2D eigenvalue weighted by Gasteiger charge is 2.43. The molecule has 4 rings (SSSR count). The lowest BCUT2D eigenvalue weighted by Gasteiger charge is -2.31. The van der Waals surface area contributed by atoms with E-state index < -0.39 is 23.5 Å². The Morgan fingerprint density at radius 3 is 2.43 bits per heavy atom. The Kier molecular flexibility index (Phi) is 8.98. The highest BCUT2D eigenvalue weighted by atomic mass is 16.5. The van der Waals surface area contributed by atoms with Crippen LogP contribution in [-0.4, -0.2) is 79.2 Å². The van der Waals surface area contributed by atoms with Crippen molar-refractivity contribution < 1.29 is 28.9 Å². The summed E-state index contributed by atoms with van der Waals surface area (Å²) in [5.74, 6) is -0.369. The molecule has 0 aliphatic carbocycles. The first-order valence-corrected chi connectivity index (χ1v) is 12.7. The lowest BCUT2D eigenvalue weighted by Crippen LogP contribution is -2.43. The van der Waals surface area contributed by atoms with Crippen LogP contribution in [0.1, 0.15) is 31.0 Å².